The maximum atomic E-state index is 13.0. The SMILES string of the molecule is CC(C)CN(c1ccc([C@H](C)CC(=O)O)cc1Nc1n[nH]c(C(F)(F)F)n1)C1CCC(C)CC1. The molecule has 10 heteroatoms. The molecule has 1 aromatic heterocycles. The summed E-state index contributed by atoms with van der Waals surface area (Å²) in [4.78, 5) is 17.1. The van der Waals surface area contributed by atoms with E-state index in [1.165, 1.54) is 0 Å². The Bertz CT molecular complexity index is 968. The van der Waals surface area contributed by atoms with E-state index in [0.717, 1.165) is 43.5 Å². The van der Waals surface area contributed by atoms with Crippen LogP contribution >= 0.6 is 0 Å². The van der Waals surface area contributed by atoms with Gasteiger partial charge >= 0.3 is 12.1 Å². The summed E-state index contributed by atoms with van der Waals surface area (Å²) in [5, 5.41) is 17.8. The van der Waals surface area contributed by atoms with Crippen LogP contribution in [0.3, 0.4) is 0 Å². The summed E-state index contributed by atoms with van der Waals surface area (Å²) in [7, 11) is 0. The van der Waals surface area contributed by atoms with Gasteiger partial charge < -0.3 is 15.3 Å². The number of hydrogen-bond donors (Lipinski definition) is 3. The fraction of sp³-hybridized carbons (Fsp3) is 0.625. The number of benzene rings is 1. The highest BCUT2D eigenvalue weighted by Crippen LogP contribution is 2.38. The molecule has 1 heterocycles. The van der Waals surface area contributed by atoms with Crippen molar-refractivity contribution in [2.45, 2.75) is 77.9 Å². The third-order valence-electron chi connectivity index (χ3n) is 6.37. The first kappa shape index (κ1) is 25.8. The number of aromatic amines is 1. The van der Waals surface area contributed by atoms with E-state index in [1.807, 2.05) is 30.2 Å². The Labute approximate surface area is 198 Å². The number of nitrogens with one attached hydrogen (secondary N) is 2. The number of alkyl halides is 3. The van der Waals surface area contributed by atoms with Crippen molar-refractivity contribution < 1.29 is 23.1 Å². The summed E-state index contributed by atoms with van der Waals surface area (Å²) >= 11 is 0. The molecular weight excluding hydrogens is 447 g/mol. The van der Waals surface area contributed by atoms with E-state index in [-0.39, 0.29) is 18.3 Å². The van der Waals surface area contributed by atoms with E-state index in [2.05, 4.69) is 41.1 Å². The van der Waals surface area contributed by atoms with Gasteiger partial charge in [-0.1, -0.05) is 33.8 Å². The zero-order chi connectivity index (χ0) is 25.0. The Morgan fingerprint density at radius 1 is 1.24 bits per heavy atom. The van der Waals surface area contributed by atoms with Crippen molar-refractivity contribution in [3.63, 3.8) is 0 Å². The summed E-state index contributed by atoms with van der Waals surface area (Å²) in [6.45, 7) is 9.14. The van der Waals surface area contributed by atoms with Crippen LogP contribution in [0.2, 0.25) is 0 Å². The second kappa shape index (κ2) is 10.7. The van der Waals surface area contributed by atoms with E-state index in [4.69, 9.17) is 0 Å². The lowest BCUT2D eigenvalue weighted by molar-refractivity contribution is -0.144. The normalized spacial score (nSPS) is 19.8. The molecule has 34 heavy (non-hydrogen) atoms. The molecule has 1 aliphatic rings. The van der Waals surface area contributed by atoms with Gasteiger partial charge in [-0.2, -0.15) is 18.2 Å². The number of nitrogens with zero attached hydrogens (tertiary/aromatic N) is 3. The first-order valence-electron chi connectivity index (χ1n) is 11.8. The van der Waals surface area contributed by atoms with E-state index >= 15 is 0 Å². The average Bonchev–Trinajstić information content (AvgIpc) is 3.21. The molecule has 1 aliphatic carbocycles. The fourth-order valence-electron chi connectivity index (χ4n) is 4.55. The van der Waals surface area contributed by atoms with Crippen LogP contribution in [-0.2, 0) is 11.0 Å². The third kappa shape index (κ3) is 6.64. The van der Waals surface area contributed by atoms with Gasteiger partial charge in [-0.15, -0.1) is 5.10 Å². The number of rotatable bonds is 9. The lowest BCUT2D eigenvalue weighted by atomic mass is 9.86. The van der Waals surface area contributed by atoms with Gasteiger partial charge in [0.2, 0.25) is 11.8 Å². The Morgan fingerprint density at radius 2 is 1.91 bits per heavy atom. The highest BCUT2D eigenvalue weighted by atomic mass is 19.4. The number of carbonyl (C=O) groups is 1. The van der Waals surface area contributed by atoms with Gasteiger partial charge in [0.1, 0.15) is 0 Å². The molecule has 0 saturated heterocycles. The van der Waals surface area contributed by atoms with Gasteiger partial charge in [0.25, 0.3) is 0 Å². The highest BCUT2D eigenvalue weighted by molar-refractivity contribution is 5.75. The predicted octanol–water partition coefficient (Wildman–Crippen LogP) is 6.19. The molecule has 188 valence electrons. The van der Waals surface area contributed by atoms with Crippen molar-refractivity contribution in [3.05, 3.63) is 29.6 Å². The summed E-state index contributed by atoms with van der Waals surface area (Å²) in [5.41, 5.74) is 2.21. The summed E-state index contributed by atoms with van der Waals surface area (Å²) in [5.74, 6) is -1.47. The Balaban J connectivity index is 2.00. The molecule has 7 nitrogen and oxygen atoms in total. The Hall–Kier alpha value is -2.78. The molecular formula is C24H34F3N5O2. The molecule has 1 aromatic carbocycles. The van der Waals surface area contributed by atoms with Crippen molar-refractivity contribution >= 4 is 23.3 Å². The number of halogens is 3. The van der Waals surface area contributed by atoms with Crippen LogP contribution in [0.15, 0.2) is 18.2 Å². The lowest BCUT2D eigenvalue weighted by Gasteiger charge is -2.40. The first-order valence-corrected chi connectivity index (χ1v) is 11.8. The lowest BCUT2D eigenvalue weighted by Crippen LogP contribution is -2.40. The molecule has 0 bridgehead atoms. The van der Waals surface area contributed by atoms with Crippen LogP contribution in [-0.4, -0.2) is 38.8 Å². The topological polar surface area (TPSA) is 94.1 Å². The van der Waals surface area contributed by atoms with E-state index in [9.17, 15) is 23.1 Å². The second-order valence-corrected chi connectivity index (χ2v) is 9.87. The maximum Gasteiger partial charge on any atom is 0.451 e. The number of aliphatic carboxylic acids is 1. The van der Waals surface area contributed by atoms with Crippen LogP contribution in [0, 0.1) is 11.8 Å². The van der Waals surface area contributed by atoms with Crippen LogP contribution in [0.4, 0.5) is 30.5 Å². The molecule has 1 saturated carbocycles. The largest absolute Gasteiger partial charge is 0.481 e. The van der Waals surface area contributed by atoms with Crippen LogP contribution in [0.25, 0.3) is 0 Å². The standard InChI is InChI=1S/C24H34F3N5O2/c1-14(2)13-32(18-8-5-15(3)6-9-18)20-10-7-17(16(4)11-21(33)34)12-19(20)28-23-29-22(30-31-23)24(25,26)27/h7,10,12,14-16,18H,5-6,8-9,11,13H2,1-4H3,(H,33,34)(H2,28,29,30,31)/t15?,16-,18?/m1/s1. The number of aromatic nitrogens is 3. The average molecular weight is 482 g/mol. The Morgan fingerprint density at radius 3 is 2.47 bits per heavy atom. The zero-order valence-corrected chi connectivity index (χ0v) is 20.1. The summed E-state index contributed by atoms with van der Waals surface area (Å²) in [6, 6.07) is 5.98. The molecule has 1 atom stereocenters. The minimum Gasteiger partial charge on any atom is -0.481 e. The number of carboxylic acid groups (broad SMARTS) is 1. The van der Waals surface area contributed by atoms with Gasteiger partial charge in [0, 0.05) is 12.6 Å². The minimum atomic E-state index is -4.63. The van der Waals surface area contributed by atoms with Crippen molar-refractivity contribution in [2.24, 2.45) is 11.8 Å². The third-order valence-corrected chi connectivity index (χ3v) is 6.37. The van der Waals surface area contributed by atoms with Crippen molar-refractivity contribution in [3.8, 4) is 0 Å². The van der Waals surface area contributed by atoms with Gasteiger partial charge in [0.15, 0.2) is 0 Å². The Kier molecular flexibility index (Phi) is 8.09. The summed E-state index contributed by atoms with van der Waals surface area (Å²) < 4.78 is 39.1. The highest BCUT2D eigenvalue weighted by Gasteiger charge is 2.35. The molecule has 3 rings (SSSR count). The van der Waals surface area contributed by atoms with Gasteiger partial charge in [-0.3, -0.25) is 9.89 Å². The van der Waals surface area contributed by atoms with Crippen molar-refractivity contribution in [1.29, 1.82) is 0 Å². The molecule has 0 unspecified atom stereocenters. The van der Waals surface area contributed by atoms with Crippen LogP contribution in [0.1, 0.15) is 77.1 Å². The number of carboxylic acids is 1. The van der Waals surface area contributed by atoms with Crippen molar-refractivity contribution in [2.75, 3.05) is 16.8 Å². The predicted molar refractivity (Wildman–Crippen MR) is 125 cm³/mol. The first-order chi connectivity index (χ1) is 15.9. The zero-order valence-electron chi connectivity index (χ0n) is 20.1. The molecule has 0 aliphatic heterocycles. The van der Waals surface area contributed by atoms with Gasteiger partial charge in [-0.05, 0) is 61.1 Å². The maximum absolute atomic E-state index is 13.0. The van der Waals surface area contributed by atoms with E-state index < -0.39 is 18.0 Å². The van der Waals surface area contributed by atoms with Crippen LogP contribution in [0.5, 0.6) is 0 Å². The molecule has 0 spiro atoms. The second-order valence-electron chi connectivity index (χ2n) is 9.87. The van der Waals surface area contributed by atoms with Gasteiger partial charge in [-0.25, -0.2) is 0 Å². The molecule has 1 fully saturated rings. The number of hydrogen-bond acceptors (Lipinski definition) is 5. The van der Waals surface area contributed by atoms with Gasteiger partial charge in [0.05, 0.1) is 17.8 Å². The minimum absolute atomic E-state index is 0.0477. The monoisotopic (exact) mass is 481 g/mol. The molecule has 0 radical (unpaired) electrons. The molecule has 3 N–H and O–H groups in total. The fourth-order valence-corrected chi connectivity index (χ4v) is 4.55. The number of H-pyrrole nitrogens is 1. The van der Waals surface area contributed by atoms with Crippen LogP contribution < -0.4 is 10.2 Å². The summed E-state index contributed by atoms with van der Waals surface area (Å²) in [6.07, 6.45) is -0.325. The van der Waals surface area contributed by atoms with E-state index in [1.54, 1.807) is 0 Å². The van der Waals surface area contributed by atoms with Crippen molar-refractivity contribution in [1.82, 2.24) is 15.2 Å². The quantitative estimate of drug-likeness (QED) is 0.396. The van der Waals surface area contributed by atoms with E-state index in [0.29, 0.717) is 23.6 Å². The molecule has 2 aromatic rings. The molecule has 0 amide bonds. The smallest absolute Gasteiger partial charge is 0.451 e. The number of anilines is 3.